The Labute approximate surface area is 124 Å². The van der Waals surface area contributed by atoms with Gasteiger partial charge in [0.1, 0.15) is 0 Å². The van der Waals surface area contributed by atoms with Gasteiger partial charge in [-0.3, -0.25) is 0 Å². The van der Waals surface area contributed by atoms with Crippen molar-refractivity contribution in [1.29, 1.82) is 0 Å². The van der Waals surface area contributed by atoms with Crippen molar-refractivity contribution < 1.29 is 60.1 Å². The second-order valence-electron chi connectivity index (χ2n) is 4.88. The van der Waals surface area contributed by atoms with Crippen LogP contribution in [0.1, 0.15) is 25.7 Å². The zero-order valence-corrected chi connectivity index (χ0v) is 12.5. The largest absolute Gasteiger partial charge is 1.00 e. The number of alkyl halides is 4. The first kappa shape index (κ1) is 16.7. The quantitative estimate of drug-likeness (QED) is 0.389. The fraction of sp³-hybridized carbons (Fsp3) is 1.00. The first-order valence-corrected chi connectivity index (χ1v) is 6.69. The molecule has 0 saturated heterocycles. The summed E-state index contributed by atoms with van der Waals surface area (Å²) >= 11 is 0. The minimum atomic E-state index is -6.35. The molecule has 0 heterocycles. The van der Waals surface area contributed by atoms with Gasteiger partial charge in [0.25, 0.3) is 0 Å². The van der Waals surface area contributed by atoms with Crippen molar-refractivity contribution in [3.05, 3.63) is 0 Å². The molecule has 100 valence electrons. The average Bonchev–Trinajstić information content (AvgIpc) is 2.76. The Morgan fingerprint density at radius 1 is 1.06 bits per heavy atom. The molecular formula is C9H11F4NaO3S. The number of hydrogen-bond donors (Lipinski definition) is 0. The van der Waals surface area contributed by atoms with Gasteiger partial charge in [0.15, 0.2) is 10.1 Å². The summed E-state index contributed by atoms with van der Waals surface area (Å²) in [4.78, 5) is 0. The molecule has 2 rings (SSSR count). The Morgan fingerprint density at radius 3 is 1.94 bits per heavy atom. The van der Waals surface area contributed by atoms with E-state index in [0.29, 0.717) is 19.3 Å². The summed E-state index contributed by atoms with van der Waals surface area (Å²) in [5, 5.41) is -5.52. The summed E-state index contributed by atoms with van der Waals surface area (Å²) in [6, 6.07) is 0. The minimum absolute atomic E-state index is 0. The van der Waals surface area contributed by atoms with Gasteiger partial charge in [-0.1, -0.05) is 6.42 Å². The van der Waals surface area contributed by atoms with Crippen molar-refractivity contribution in [2.75, 3.05) is 0 Å². The molecule has 18 heavy (non-hydrogen) atoms. The predicted octanol–water partition coefficient (Wildman–Crippen LogP) is -0.800. The summed E-state index contributed by atoms with van der Waals surface area (Å²) in [6.45, 7) is 0. The van der Waals surface area contributed by atoms with Gasteiger partial charge in [-0.15, -0.1) is 0 Å². The van der Waals surface area contributed by atoms with Crippen molar-refractivity contribution >= 4 is 10.1 Å². The van der Waals surface area contributed by atoms with E-state index < -0.39 is 33.1 Å². The number of hydrogen-bond acceptors (Lipinski definition) is 3. The molecule has 0 aliphatic heterocycles. The van der Waals surface area contributed by atoms with Crippen LogP contribution in [-0.4, -0.2) is 24.1 Å². The van der Waals surface area contributed by atoms with Crippen LogP contribution in [0, 0.1) is 17.8 Å². The third-order valence-corrected chi connectivity index (χ3v) is 4.81. The summed E-state index contributed by atoms with van der Waals surface area (Å²) in [6.07, 6.45) is 1.42. The second-order valence-corrected chi connectivity index (χ2v) is 6.30. The van der Waals surface area contributed by atoms with Crippen molar-refractivity contribution in [3.8, 4) is 0 Å². The first-order valence-electron chi connectivity index (χ1n) is 5.28. The molecule has 2 saturated carbocycles. The maximum absolute atomic E-state index is 13.5. The zero-order valence-electron chi connectivity index (χ0n) is 9.71. The van der Waals surface area contributed by atoms with Crippen LogP contribution in [0.3, 0.4) is 0 Å². The van der Waals surface area contributed by atoms with E-state index in [0.717, 1.165) is 0 Å². The average molecular weight is 298 g/mol. The Hall–Kier alpha value is 0.630. The Balaban J connectivity index is 0.00000162. The number of halogens is 4. The molecule has 0 spiro atoms. The van der Waals surface area contributed by atoms with E-state index in [2.05, 4.69) is 0 Å². The standard InChI is InChI=1S/C9H12F4O3S.Na/c10-8(11,9(12,13)17(14,15)16)7-4-5-1-2-6(7)3-5;/h5-7H,1-4H2,(H,14,15,16);/q;+1/p-1. The molecule has 0 radical (unpaired) electrons. The van der Waals surface area contributed by atoms with Gasteiger partial charge in [-0.25, -0.2) is 8.42 Å². The van der Waals surface area contributed by atoms with E-state index in [1.165, 1.54) is 0 Å². The summed E-state index contributed by atoms with van der Waals surface area (Å²) in [5.41, 5.74) is 0. The predicted molar refractivity (Wildman–Crippen MR) is 48.5 cm³/mol. The SMILES string of the molecule is O=S(=O)([O-])C(F)(F)C(F)(F)C1CC2CCC1C2.[Na+]. The van der Waals surface area contributed by atoms with Crippen LogP contribution in [0.25, 0.3) is 0 Å². The maximum atomic E-state index is 13.5. The van der Waals surface area contributed by atoms with Crippen molar-refractivity contribution in [3.63, 3.8) is 0 Å². The molecule has 0 amide bonds. The molecular weight excluding hydrogens is 287 g/mol. The molecule has 3 nitrogen and oxygen atoms in total. The minimum Gasteiger partial charge on any atom is -0.743 e. The van der Waals surface area contributed by atoms with Crippen molar-refractivity contribution in [2.24, 2.45) is 17.8 Å². The Bertz CT molecular complexity index is 426. The summed E-state index contributed by atoms with van der Waals surface area (Å²) < 4.78 is 84.0. The first-order chi connectivity index (χ1) is 7.57. The Morgan fingerprint density at radius 2 is 1.61 bits per heavy atom. The number of rotatable bonds is 3. The molecule has 2 bridgehead atoms. The van der Waals surface area contributed by atoms with Gasteiger partial charge < -0.3 is 4.55 Å². The smallest absolute Gasteiger partial charge is 0.743 e. The summed E-state index contributed by atoms with van der Waals surface area (Å²) in [7, 11) is -6.35. The molecule has 2 fully saturated rings. The molecule has 2 aliphatic carbocycles. The van der Waals surface area contributed by atoms with Gasteiger partial charge in [-0.2, -0.15) is 17.6 Å². The van der Waals surface area contributed by atoms with Crippen molar-refractivity contribution in [2.45, 2.75) is 36.9 Å². The van der Waals surface area contributed by atoms with Gasteiger partial charge in [0.05, 0.1) is 0 Å². The van der Waals surface area contributed by atoms with Crippen LogP contribution in [0.15, 0.2) is 0 Å². The second kappa shape index (κ2) is 4.87. The molecule has 0 aromatic rings. The van der Waals surface area contributed by atoms with E-state index in [1.54, 1.807) is 0 Å². The molecule has 9 heteroatoms. The zero-order chi connectivity index (χ0) is 13.1. The molecule has 0 aromatic heterocycles. The van der Waals surface area contributed by atoms with Gasteiger partial charge in [0.2, 0.25) is 0 Å². The topological polar surface area (TPSA) is 57.2 Å². The third-order valence-electron chi connectivity index (χ3n) is 3.91. The molecule has 0 aromatic carbocycles. The van der Waals surface area contributed by atoms with E-state index in [9.17, 15) is 30.5 Å². The fourth-order valence-electron chi connectivity index (χ4n) is 3.07. The van der Waals surface area contributed by atoms with Crippen LogP contribution in [-0.2, 0) is 10.1 Å². The van der Waals surface area contributed by atoms with Crippen LogP contribution in [0.2, 0.25) is 0 Å². The molecule has 2 aliphatic rings. The van der Waals surface area contributed by atoms with Crippen molar-refractivity contribution in [1.82, 2.24) is 0 Å². The van der Waals surface area contributed by atoms with Crippen LogP contribution < -0.4 is 29.6 Å². The van der Waals surface area contributed by atoms with Crippen LogP contribution in [0.5, 0.6) is 0 Å². The molecule has 3 unspecified atom stereocenters. The summed E-state index contributed by atoms with van der Waals surface area (Å²) in [5.74, 6) is -7.10. The molecule has 3 atom stereocenters. The van der Waals surface area contributed by atoms with E-state index in [4.69, 9.17) is 0 Å². The fourth-order valence-corrected chi connectivity index (χ4v) is 3.56. The van der Waals surface area contributed by atoms with Crippen LogP contribution in [0.4, 0.5) is 17.6 Å². The Kier molecular flexibility index (Phi) is 4.52. The van der Waals surface area contributed by atoms with E-state index >= 15 is 0 Å². The molecule has 0 N–H and O–H groups in total. The van der Waals surface area contributed by atoms with Gasteiger partial charge >= 0.3 is 40.7 Å². The van der Waals surface area contributed by atoms with Gasteiger partial charge in [-0.05, 0) is 31.1 Å². The van der Waals surface area contributed by atoms with E-state index in [1.807, 2.05) is 0 Å². The van der Waals surface area contributed by atoms with Gasteiger partial charge in [0, 0.05) is 5.92 Å². The van der Waals surface area contributed by atoms with Crippen LogP contribution >= 0.6 is 0 Å². The number of fused-ring (bicyclic) bond motifs is 2. The van der Waals surface area contributed by atoms with E-state index in [-0.39, 0.29) is 41.9 Å². The monoisotopic (exact) mass is 298 g/mol. The maximum Gasteiger partial charge on any atom is 1.00 e. The third kappa shape index (κ3) is 2.34. The normalized spacial score (nSPS) is 32.4.